The van der Waals surface area contributed by atoms with Crippen LogP contribution in [0, 0.1) is 12.8 Å². The summed E-state index contributed by atoms with van der Waals surface area (Å²) in [4.78, 5) is 46.2. The van der Waals surface area contributed by atoms with Crippen molar-refractivity contribution in [2.75, 3.05) is 38.0 Å². The summed E-state index contributed by atoms with van der Waals surface area (Å²) in [6.07, 6.45) is 3.72. The van der Waals surface area contributed by atoms with E-state index in [1.54, 1.807) is 11.1 Å². The lowest BCUT2D eigenvalue weighted by Gasteiger charge is -2.41. The van der Waals surface area contributed by atoms with Crippen molar-refractivity contribution in [1.29, 1.82) is 0 Å². The summed E-state index contributed by atoms with van der Waals surface area (Å²) in [5.41, 5.74) is 5.02. The lowest BCUT2D eigenvalue weighted by atomic mass is 9.91. The topological polar surface area (TPSA) is 111 Å². The van der Waals surface area contributed by atoms with Gasteiger partial charge < -0.3 is 19.9 Å². The van der Waals surface area contributed by atoms with E-state index >= 15 is 0 Å². The SMILES string of the molecule is Cc1cc(CC(CN2CC(C)OC(C)C2)C(=O)C(=O)N2CCC(N3Cc4ccccc4NC3=O)CC2)cc2cn[nH]c12. The number of nitrogens with zero attached hydrogens (tertiary/aromatic N) is 4. The summed E-state index contributed by atoms with van der Waals surface area (Å²) in [5, 5.41) is 11.2. The van der Waals surface area contributed by atoms with Gasteiger partial charge in [0.05, 0.1) is 23.9 Å². The predicted molar refractivity (Wildman–Crippen MR) is 160 cm³/mol. The minimum atomic E-state index is -0.471. The fourth-order valence-corrected chi connectivity index (χ4v) is 6.93. The number of aromatic nitrogens is 2. The molecule has 0 bridgehead atoms. The van der Waals surface area contributed by atoms with Crippen molar-refractivity contribution in [2.45, 2.75) is 64.8 Å². The van der Waals surface area contributed by atoms with Crippen LogP contribution in [0.15, 0.2) is 42.6 Å². The molecule has 3 aromatic rings. The van der Waals surface area contributed by atoms with E-state index in [0.29, 0.717) is 45.4 Å². The number of carbonyl (C=O) groups is 3. The number of rotatable bonds is 7. The van der Waals surface area contributed by atoms with Gasteiger partial charge in [0.2, 0.25) is 5.78 Å². The van der Waals surface area contributed by atoms with Crippen molar-refractivity contribution in [2.24, 2.45) is 5.92 Å². The lowest BCUT2D eigenvalue weighted by molar-refractivity contribution is -0.148. The Bertz CT molecular complexity index is 1470. The fraction of sp³-hybridized carbons (Fsp3) is 0.500. The Morgan fingerprint density at radius 2 is 1.83 bits per heavy atom. The summed E-state index contributed by atoms with van der Waals surface area (Å²) in [5.74, 6) is -1.22. The number of piperidine rings is 1. The number of aromatic amines is 1. The van der Waals surface area contributed by atoms with Crippen LogP contribution < -0.4 is 5.32 Å². The van der Waals surface area contributed by atoms with E-state index in [2.05, 4.69) is 32.5 Å². The van der Waals surface area contributed by atoms with Crippen LogP contribution in [0.1, 0.15) is 43.4 Å². The van der Waals surface area contributed by atoms with Gasteiger partial charge in [0.25, 0.3) is 5.91 Å². The van der Waals surface area contributed by atoms with Crippen molar-refractivity contribution in [3.05, 3.63) is 59.3 Å². The number of Topliss-reactive ketones (excluding diaryl/α,β-unsaturated/α-hetero) is 1. The summed E-state index contributed by atoms with van der Waals surface area (Å²) < 4.78 is 5.92. The molecule has 0 radical (unpaired) electrons. The first-order valence-electron chi connectivity index (χ1n) is 15.0. The van der Waals surface area contributed by atoms with Crippen LogP contribution in [0.2, 0.25) is 0 Å². The number of amides is 3. The quantitative estimate of drug-likeness (QED) is 0.418. The van der Waals surface area contributed by atoms with Gasteiger partial charge in [-0.3, -0.25) is 19.6 Å². The molecule has 3 amide bonds. The monoisotopic (exact) mass is 572 g/mol. The zero-order chi connectivity index (χ0) is 29.4. The molecule has 2 N–H and O–H groups in total. The van der Waals surface area contributed by atoms with Crippen LogP contribution in [0.3, 0.4) is 0 Å². The van der Waals surface area contributed by atoms with Crippen LogP contribution in [0.25, 0.3) is 10.9 Å². The molecule has 3 aliphatic heterocycles. The molecular formula is C32H40N6O4. The summed E-state index contributed by atoms with van der Waals surface area (Å²) in [6.45, 7) is 9.57. The molecule has 6 rings (SSSR count). The number of aryl methyl sites for hydroxylation is 1. The molecule has 1 aromatic heterocycles. The number of hydrogen-bond acceptors (Lipinski definition) is 6. The molecule has 2 fully saturated rings. The molecular weight excluding hydrogens is 532 g/mol. The number of hydrogen-bond donors (Lipinski definition) is 2. The number of nitrogens with one attached hydrogen (secondary N) is 2. The fourth-order valence-electron chi connectivity index (χ4n) is 6.93. The number of ketones is 1. The molecule has 2 saturated heterocycles. The van der Waals surface area contributed by atoms with Crippen molar-refractivity contribution in [3.8, 4) is 0 Å². The molecule has 3 atom stereocenters. The normalized spacial score (nSPS) is 22.6. The van der Waals surface area contributed by atoms with E-state index in [4.69, 9.17) is 4.74 Å². The van der Waals surface area contributed by atoms with Crippen LogP contribution in [0.4, 0.5) is 10.5 Å². The Balaban J connectivity index is 1.14. The second-order valence-corrected chi connectivity index (χ2v) is 12.2. The first-order chi connectivity index (χ1) is 20.2. The number of fused-ring (bicyclic) bond motifs is 2. The van der Waals surface area contributed by atoms with Crippen LogP contribution in [-0.4, -0.2) is 93.6 Å². The van der Waals surface area contributed by atoms with Gasteiger partial charge in [-0.1, -0.05) is 24.3 Å². The number of ether oxygens (including phenoxy) is 1. The summed E-state index contributed by atoms with van der Waals surface area (Å²) in [6, 6.07) is 11.9. The molecule has 0 saturated carbocycles. The molecule has 222 valence electrons. The second-order valence-electron chi connectivity index (χ2n) is 12.2. The number of anilines is 1. The van der Waals surface area contributed by atoms with Gasteiger partial charge in [-0.15, -0.1) is 0 Å². The minimum Gasteiger partial charge on any atom is -0.373 e. The van der Waals surface area contributed by atoms with E-state index < -0.39 is 11.8 Å². The van der Waals surface area contributed by atoms with Crippen LogP contribution >= 0.6 is 0 Å². The standard InChI is InChI=1S/C32H40N6O4/c1-20-12-23(13-25-15-33-35-29(20)25)14-26(18-36-16-21(2)42-22(3)17-36)30(39)31(40)37-10-8-27(9-11-37)38-19-24-6-4-5-7-28(24)34-32(38)41/h4-7,12-13,15,21-22,26-27H,8-11,14,16-19H2,1-3H3,(H,33,35)(H,34,41). The maximum atomic E-state index is 13.9. The van der Waals surface area contributed by atoms with E-state index in [1.165, 1.54) is 0 Å². The van der Waals surface area contributed by atoms with Crippen molar-refractivity contribution >= 4 is 34.3 Å². The highest BCUT2D eigenvalue weighted by Crippen LogP contribution is 2.28. The van der Waals surface area contributed by atoms with Gasteiger partial charge in [0.1, 0.15) is 0 Å². The minimum absolute atomic E-state index is 0.0225. The smallest absolute Gasteiger partial charge is 0.322 e. The molecule has 10 nitrogen and oxygen atoms in total. The van der Waals surface area contributed by atoms with Crippen molar-refractivity contribution in [1.82, 2.24) is 24.9 Å². The largest absolute Gasteiger partial charge is 0.373 e. The first kappa shape index (κ1) is 28.4. The van der Waals surface area contributed by atoms with Crippen molar-refractivity contribution < 1.29 is 19.1 Å². The Morgan fingerprint density at radius 3 is 2.60 bits per heavy atom. The number of urea groups is 1. The van der Waals surface area contributed by atoms with Gasteiger partial charge in [-0.25, -0.2) is 4.79 Å². The number of morpholine rings is 1. The summed E-state index contributed by atoms with van der Waals surface area (Å²) >= 11 is 0. The zero-order valence-corrected chi connectivity index (χ0v) is 24.6. The van der Waals surface area contributed by atoms with Gasteiger partial charge >= 0.3 is 6.03 Å². The van der Waals surface area contributed by atoms with Gasteiger partial charge in [-0.05, 0) is 68.9 Å². The maximum Gasteiger partial charge on any atom is 0.322 e. The van der Waals surface area contributed by atoms with Gasteiger partial charge in [0, 0.05) is 62.3 Å². The van der Waals surface area contributed by atoms with E-state index in [9.17, 15) is 14.4 Å². The Morgan fingerprint density at radius 1 is 1.10 bits per heavy atom. The number of likely N-dealkylation sites (tertiary alicyclic amines) is 1. The Labute approximate surface area is 246 Å². The van der Waals surface area contributed by atoms with Crippen molar-refractivity contribution in [3.63, 3.8) is 0 Å². The van der Waals surface area contributed by atoms with E-state index in [-0.39, 0.29) is 30.1 Å². The highest BCUT2D eigenvalue weighted by atomic mass is 16.5. The first-order valence-corrected chi connectivity index (χ1v) is 15.0. The molecule has 3 aliphatic rings. The highest BCUT2D eigenvalue weighted by molar-refractivity contribution is 6.37. The molecule has 10 heteroatoms. The maximum absolute atomic E-state index is 13.9. The van der Waals surface area contributed by atoms with Crippen LogP contribution in [0.5, 0.6) is 0 Å². The highest BCUT2D eigenvalue weighted by Gasteiger charge is 2.37. The van der Waals surface area contributed by atoms with Gasteiger partial charge in [0.15, 0.2) is 0 Å². The number of para-hydroxylation sites is 1. The third kappa shape index (κ3) is 5.91. The predicted octanol–water partition coefficient (Wildman–Crippen LogP) is 3.75. The average Bonchev–Trinajstić information content (AvgIpc) is 3.45. The average molecular weight is 573 g/mol. The number of H-pyrrole nitrogens is 1. The molecule has 0 aliphatic carbocycles. The number of benzene rings is 2. The van der Waals surface area contributed by atoms with Crippen LogP contribution in [-0.2, 0) is 27.3 Å². The summed E-state index contributed by atoms with van der Waals surface area (Å²) in [7, 11) is 0. The molecule has 2 aromatic carbocycles. The Hall–Kier alpha value is -3.76. The zero-order valence-electron chi connectivity index (χ0n) is 24.6. The third-order valence-electron chi connectivity index (χ3n) is 8.90. The second kappa shape index (κ2) is 11.9. The molecule has 0 spiro atoms. The molecule has 4 heterocycles. The Kier molecular flexibility index (Phi) is 8.00. The third-order valence-corrected chi connectivity index (χ3v) is 8.90. The lowest BCUT2D eigenvalue weighted by Crippen LogP contribution is -2.53. The van der Waals surface area contributed by atoms with E-state index in [1.807, 2.05) is 49.9 Å². The molecule has 3 unspecified atom stereocenters. The van der Waals surface area contributed by atoms with Gasteiger partial charge in [-0.2, -0.15) is 5.10 Å². The van der Waals surface area contributed by atoms with E-state index in [0.717, 1.165) is 46.4 Å². The molecule has 42 heavy (non-hydrogen) atoms. The number of carbonyl (C=O) groups excluding carboxylic acids is 3.